The number of rotatable bonds is 8. The molecule has 0 unspecified atom stereocenters. The van der Waals surface area contributed by atoms with Gasteiger partial charge in [0.05, 0.1) is 25.3 Å². The Morgan fingerprint density at radius 1 is 1.21 bits per heavy atom. The molecule has 0 bridgehead atoms. The molecular weight excluding hydrogens is 418 g/mol. The second kappa shape index (κ2) is 10.3. The molecule has 0 spiro atoms. The van der Waals surface area contributed by atoms with Crippen LogP contribution in [-0.4, -0.2) is 52.7 Å². The van der Waals surface area contributed by atoms with E-state index in [9.17, 15) is 9.59 Å². The smallest absolute Gasteiger partial charge is 0.237 e. The van der Waals surface area contributed by atoms with Crippen LogP contribution >= 0.6 is 0 Å². The van der Waals surface area contributed by atoms with Crippen LogP contribution in [0, 0.1) is 6.92 Å². The van der Waals surface area contributed by atoms with E-state index in [1.807, 2.05) is 55.6 Å². The quantitative estimate of drug-likeness (QED) is 0.553. The molecule has 1 atom stereocenters. The first kappa shape index (κ1) is 22.5. The third kappa shape index (κ3) is 5.59. The summed E-state index contributed by atoms with van der Waals surface area (Å²) >= 11 is 0. The summed E-state index contributed by atoms with van der Waals surface area (Å²) in [5.74, 6) is 0.582. The minimum absolute atomic E-state index is 0.106. The van der Waals surface area contributed by atoms with Crippen molar-refractivity contribution in [3.8, 4) is 11.4 Å². The number of hydrogen-bond acceptors (Lipinski definition) is 5. The fourth-order valence-corrected chi connectivity index (χ4v) is 4.08. The minimum Gasteiger partial charge on any atom is -0.496 e. The van der Waals surface area contributed by atoms with E-state index < -0.39 is 6.04 Å². The summed E-state index contributed by atoms with van der Waals surface area (Å²) in [7, 11) is 1.65. The molecule has 0 saturated carbocycles. The zero-order valence-corrected chi connectivity index (χ0v) is 19.0. The van der Waals surface area contributed by atoms with Gasteiger partial charge in [-0.05, 0) is 47.9 Å². The number of aromatic nitrogens is 2. The number of ether oxygens (including phenoxy) is 1. The second-order valence-electron chi connectivity index (χ2n) is 8.18. The number of hydrogen-bond donors (Lipinski definition) is 2. The van der Waals surface area contributed by atoms with Gasteiger partial charge >= 0.3 is 0 Å². The van der Waals surface area contributed by atoms with Crippen molar-refractivity contribution in [2.75, 3.05) is 20.2 Å². The van der Waals surface area contributed by atoms with E-state index >= 15 is 0 Å². The van der Waals surface area contributed by atoms with Gasteiger partial charge in [-0.2, -0.15) is 5.10 Å². The summed E-state index contributed by atoms with van der Waals surface area (Å²) in [5, 5.41) is 10.0. The van der Waals surface area contributed by atoms with Gasteiger partial charge in [0.15, 0.2) is 0 Å². The third-order valence-electron chi connectivity index (χ3n) is 5.86. The van der Waals surface area contributed by atoms with Gasteiger partial charge in [0.2, 0.25) is 11.8 Å². The zero-order chi connectivity index (χ0) is 23.2. The Morgan fingerprint density at radius 2 is 2.00 bits per heavy atom. The van der Waals surface area contributed by atoms with Crippen LogP contribution in [0.3, 0.4) is 0 Å². The van der Waals surface area contributed by atoms with E-state index in [1.165, 1.54) is 0 Å². The summed E-state index contributed by atoms with van der Waals surface area (Å²) < 4.78 is 7.12. The van der Waals surface area contributed by atoms with Crippen molar-refractivity contribution < 1.29 is 14.3 Å². The number of nitrogens with zero attached hydrogens (tertiary/aromatic N) is 3. The van der Waals surface area contributed by atoms with Crippen molar-refractivity contribution in [2.45, 2.75) is 32.5 Å². The number of methoxy groups -OCH3 is 1. The first-order chi connectivity index (χ1) is 16.0. The molecule has 1 aliphatic heterocycles. The second-order valence-corrected chi connectivity index (χ2v) is 8.18. The zero-order valence-electron chi connectivity index (χ0n) is 19.0. The van der Waals surface area contributed by atoms with Gasteiger partial charge in [-0.25, -0.2) is 4.68 Å². The number of amides is 2. The Kier molecular flexibility index (Phi) is 7.04. The maximum atomic E-state index is 12.7. The van der Waals surface area contributed by atoms with Crippen LogP contribution in [0.15, 0.2) is 60.9 Å². The van der Waals surface area contributed by atoms with Crippen LogP contribution in [-0.2, 0) is 22.7 Å². The molecule has 172 valence electrons. The van der Waals surface area contributed by atoms with Crippen LogP contribution in [0.5, 0.6) is 5.75 Å². The maximum Gasteiger partial charge on any atom is 0.237 e. The summed E-state index contributed by atoms with van der Waals surface area (Å²) in [4.78, 5) is 27.3. The largest absolute Gasteiger partial charge is 0.496 e. The fourth-order valence-electron chi connectivity index (χ4n) is 4.08. The number of carbonyl (C=O) groups is 2. The number of carbonyl (C=O) groups excluding carboxylic acids is 2. The Balaban J connectivity index is 1.34. The molecule has 3 aromatic rings. The summed E-state index contributed by atoms with van der Waals surface area (Å²) in [6.45, 7) is 4.28. The van der Waals surface area contributed by atoms with E-state index in [1.54, 1.807) is 18.0 Å². The minimum atomic E-state index is -0.497. The number of aryl methyl sites for hydroxylation is 1. The van der Waals surface area contributed by atoms with E-state index in [2.05, 4.69) is 26.7 Å². The molecule has 1 fully saturated rings. The molecule has 1 saturated heterocycles. The maximum absolute atomic E-state index is 12.7. The van der Waals surface area contributed by atoms with Crippen molar-refractivity contribution in [3.05, 3.63) is 77.6 Å². The molecule has 2 N–H and O–H groups in total. The lowest BCUT2D eigenvalue weighted by atomic mass is 10.0. The summed E-state index contributed by atoms with van der Waals surface area (Å²) in [5.41, 5.74) is 4.08. The van der Waals surface area contributed by atoms with Crippen molar-refractivity contribution in [1.82, 2.24) is 25.3 Å². The van der Waals surface area contributed by atoms with Gasteiger partial charge in [-0.1, -0.05) is 24.3 Å². The van der Waals surface area contributed by atoms with Gasteiger partial charge in [0.1, 0.15) is 5.75 Å². The molecule has 0 radical (unpaired) electrons. The highest BCUT2D eigenvalue weighted by molar-refractivity contribution is 5.88. The molecule has 2 amide bonds. The molecule has 8 nitrogen and oxygen atoms in total. The normalized spacial score (nSPS) is 16.3. The molecule has 33 heavy (non-hydrogen) atoms. The Morgan fingerprint density at radius 3 is 2.70 bits per heavy atom. The number of piperazine rings is 1. The highest BCUT2D eigenvalue weighted by Gasteiger charge is 2.31. The molecule has 1 aromatic heterocycles. The summed E-state index contributed by atoms with van der Waals surface area (Å²) in [6, 6.07) is 15.2. The molecule has 8 heteroatoms. The van der Waals surface area contributed by atoms with E-state index in [-0.39, 0.29) is 18.2 Å². The lowest BCUT2D eigenvalue weighted by Gasteiger charge is -2.34. The molecular formula is C25H29N5O3. The van der Waals surface area contributed by atoms with Crippen LogP contribution in [0.4, 0.5) is 0 Å². The predicted molar refractivity (Wildman–Crippen MR) is 125 cm³/mol. The van der Waals surface area contributed by atoms with Gasteiger partial charge in [0.25, 0.3) is 0 Å². The SMILES string of the molecule is COc1ccc(CN2CCNC(=O)[C@H]2CC(=O)NCc2ccc(-n3cccn3)cc2)cc1C. The van der Waals surface area contributed by atoms with E-state index in [0.717, 1.165) is 28.1 Å². The van der Waals surface area contributed by atoms with Crippen molar-refractivity contribution in [3.63, 3.8) is 0 Å². The first-order valence-electron chi connectivity index (χ1n) is 11.0. The molecule has 2 heterocycles. The van der Waals surface area contributed by atoms with Crippen LogP contribution in [0.25, 0.3) is 5.69 Å². The lowest BCUT2D eigenvalue weighted by molar-refractivity contribution is -0.134. The molecule has 4 rings (SSSR count). The number of benzene rings is 2. The predicted octanol–water partition coefficient (Wildman–Crippen LogP) is 2.20. The third-order valence-corrected chi connectivity index (χ3v) is 5.86. The van der Waals surface area contributed by atoms with Crippen molar-refractivity contribution >= 4 is 11.8 Å². The molecule has 1 aliphatic rings. The van der Waals surface area contributed by atoms with Crippen LogP contribution in [0.1, 0.15) is 23.1 Å². The van der Waals surface area contributed by atoms with Gasteiger partial charge in [-0.3, -0.25) is 14.5 Å². The van der Waals surface area contributed by atoms with E-state index in [4.69, 9.17) is 4.74 Å². The Labute approximate surface area is 193 Å². The number of nitrogens with one attached hydrogen (secondary N) is 2. The summed E-state index contributed by atoms with van der Waals surface area (Å²) in [6.07, 6.45) is 3.73. The highest BCUT2D eigenvalue weighted by atomic mass is 16.5. The average Bonchev–Trinajstić information content (AvgIpc) is 3.35. The molecule has 0 aliphatic carbocycles. The standard InChI is InChI=1S/C25H29N5O3/c1-18-14-20(6-9-23(18)33-2)17-29-13-11-26-25(32)22(29)15-24(31)27-16-19-4-7-21(8-5-19)30-12-3-10-28-30/h3-10,12,14,22H,11,13,15-17H2,1-2H3,(H,26,32)(H,27,31)/t22-/m1/s1. The van der Waals surface area contributed by atoms with E-state index in [0.29, 0.717) is 26.2 Å². The Bertz CT molecular complexity index is 1100. The topological polar surface area (TPSA) is 88.5 Å². The highest BCUT2D eigenvalue weighted by Crippen LogP contribution is 2.21. The van der Waals surface area contributed by atoms with Crippen LogP contribution < -0.4 is 15.4 Å². The average molecular weight is 448 g/mol. The van der Waals surface area contributed by atoms with Crippen LogP contribution in [0.2, 0.25) is 0 Å². The molecule has 2 aromatic carbocycles. The van der Waals surface area contributed by atoms with Crippen molar-refractivity contribution in [2.24, 2.45) is 0 Å². The van der Waals surface area contributed by atoms with Gasteiger partial charge in [0, 0.05) is 38.6 Å². The monoisotopic (exact) mass is 447 g/mol. The lowest BCUT2D eigenvalue weighted by Crippen LogP contribution is -2.56. The Hall–Kier alpha value is -3.65. The van der Waals surface area contributed by atoms with Gasteiger partial charge < -0.3 is 15.4 Å². The van der Waals surface area contributed by atoms with Crippen molar-refractivity contribution in [1.29, 1.82) is 0 Å². The van der Waals surface area contributed by atoms with Gasteiger partial charge in [-0.15, -0.1) is 0 Å². The first-order valence-corrected chi connectivity index (χ1v) is 11.0. The fraction of sp³-hybridized carbons (Fsp3) is 0.320.